The van der Waals surface area contributed by atoms with Gasteiger partial charge >= 0.3 is 0 Å². The zero-order valence-electron chi connectivity index (χ0n) is 11.6. The highest BCUT2D eigenvalue weighted by Crippen LogP contribution is 2.13. The molecule has 0 saturated heterocycles. The summed E-state index contributed by atoms with van der Waals surface area (Å²) in [4.78, 5) is 23.5. The van der Waals surface area contributed by atoms with E-state index < -0.39 is 11.8 Å². The fraction of sp³-hybridized carbons (Fsp3) is 0.0667. The van der Waals surface area contributed by atoms with Crippen molar-refractivity contribution < 1.29 is 14.0 Å². The summed E-state index contributed by atoms with van der Waals surface area (Å²) in [6.07, 6.45) is 4.49. The number of aryl methyl sites for hydroxylation is 1. The smallest absolute Gasteiger partial charge is 0.286 e. The van der Waals surface area contributed by atoms with Crippen LogP contribution in [0.3, 0.4) is 0 Å². The number of hydrogen-bond acceptors (Lipinski definition) is 2. The van der Waals surface area contributed by atoms with Crippen molar-refractivity contribution in [2.45, 2.75) is 0 Å². The Morgan fingerprint density at radius 2 is 1.91 bits per heavy atom. The Bertz CT molecular complexity index is 723. The Morgan fingerprint density at radius 1 is 1.23 bits per heavy atom. The summed E-state index contributed by atoms with van der Waals surface area (Å²) in [5.41, 5.74) is 5.65. The van der Waals surface area contributed by atoms with E-state index in [0.29, 0.717) is 11.3 Å². The number of hydrazine groups is 1. The molecule has 114 valence electrons. The van der Waals surface area contributed by atoms with Crippen LogP contribution < -0.4 is 10.9 Å². The van der Waals surface area contributed by atoms with Crippen LogP contribution in [0.1, 0.15) is 16.1 Å². The Labute approximate surface area is 134 Å². The quantitative estimate of drug-likeness (QED) is 0.647. The maximum Gasteiger partial charge on any atom is 0.286 e. The van der Waals surface area contributed by atoms with Crippen molar-refractivity contribution in [2.75, 3.05) is 0 Å². The third-order valence-corrected chi connectivity index (χ3v) is 3.23. The summed E-state index contributed by atoms with van der Waals surface area (Å²) in [6, 6.07) is 7.31. The first-order chi connectivity index (χ1) is 10.5. The molecule has 2 amide bonds. The summed E-state index contributed by atoms with van der Waals surface area (Å²) in [6.45, 7) is 0. The average Bonchev–Trinajstić information content (AvgIpc) is 2.83. The highest BCUT2D eigenvalue weighted by Gasteiger charge is 2.10. The lowest BCUT2D eigenvalue weighted by atomic mass is 10.2. The second-order valence-electron chi connectivity index (χ2n) is 4.48. The number of benzene rings is 1. The molecule has 22 heavy (non-hydrogen) atoms. The summed E-state index contributed by atoms with van der Waals surface area (Å²) in [7, 11) is 1.72. The van der Waals surface area contributed by atoms with Gasteiger partial charge in [-0.05, 0) is 45.8 Å². The zero-order valence-corrected chi connectivity index (χ0v) is 13.2. The summed E-state index contributed by atoms with van der Waals surface area (Å²) in [5, 5.41) is 0. The number of rotatable bonds is 3. The van der Waals surface area contributed by atoms with Crippen molar-refractivity contribution in [1.82, 2.24) is 15.4 Å². The number of carbonyl (C=O) groups is 2. The molecular weight excluding hydrogens is 353 g/mol. The van der Waals surface area contributed by atoms with Crippen LogP contribution in [0.5, 0.6) is 0 Å². The predicted octanol–water partition coefficient (Wildman–Crippen LogP) is 2.40. The molecule has 2 aromatic rings. The maximum atomic E-state index is 12.7. The SMILES string of the molecule is Cn1cc(Br)cc1C(=O)NNC(=O)/C=C/c1ccc(F)cc1. The van der Waals surface area contributed by atoms with E-state index in [0.717, 1.165) is 4.47 Å². The third-order valence-electron chi connectivity index (χ3n) is 2.80. The van der Waals surface area contributed by atoms with Gasteiger partial charge in [-0.15, -0.1) is 0 Å². The minimum absolute atomic E-state index is 0.345. The summed E-state index contributed by atoms with van der Waals surface area (Å²) < 4.78 is 15.1. The van der Waals surface area contributed by atoms with Gasteiger partial charge in [0, 0.05) is 23.8 Å². The van der Waals surface area contributed by atoms with Crippen LogP contribution >= 0.6 is 15.9 Å². The lowest BCUT2D eigenvalue weighted by Crippen LogP contribution is -2.41. The molecule has 0 bridgehead atoms. The molecule has 2 N–H and O–H groups in total. The van der Waals surface area contributed by atoms with Crippen LogP contribution in [0.25, 0.3) is 6.08 Å². The molecule has 1 aromatic heterocycles. The van der Waals surface area contributed by atoms with E-state index in [2.05, 4.69) is 26.8 Å². The molecule has 0 unspecified atom stereocenters. The fourth-order valence-corrected chi connectivity index (χ4v) is 2.24. The lowest BCUT2D eigenvalue weighted by molar-refractivity contribution is -0.117. The van der Waals surface area contributed by atoms with Gasteiger partial charge < -0.3 is 4.57 Å². The highest BCUT2D eigenvalue weighted by molar-refractivity contribution is 9.10. The number of nitrogens with one attached hydrogen (secondary N) is 2. The Balaban J connectivity index is 1.88. The van der Waals surface area contributed by atoms with Gasteiger partial charge in [-0.3, -0.25) is 20.4 Å². The molecule has 0 atom stereocenters. The van der Waals surface area contributed by atoms with Crippen LogP contribution in [0.2, 0.25) is 0 Å². The summed E-state index contributed by atoms with van der Waals surface area (Å²) >= 11 is 3.26. The van der Waals surface area contributed by atoms with Crippen molar-refractivity contribution in [1.29, 1.82) is 0 Å². The summed E-state index contributed by atoms with van der Waals surface area (Å²) in [5.74, 6) is -1.27. The van der Waals surface area contributed by atoms with Crippen molar-refractivity contribution in [3.63, 3.8) is 0 Å². The van der Waals surface area contributed by atoms with E-state index in [1.807, 2.05) is 0 Å². The van der Waals surface area contributed by atoms with Crippen LogP contribution in [-0.2, 0) is 11.8 Å². The monoisotopic (exact) mass is 365 g/mol. The van der Waals surface area contributed by atoms with Crippen LogP contribution in [0.4, 0.5) is 4.39 Å². The lowest BCUT2D eigenvalue weighted by Gasteiger charge is -2.05. The minimum atomic E-state index is -0.494. The number of nitrogens with zero attached hydrogens (tertiary/aromatic N) is 1. The molecule has 0 saturated carbocycles. The number of carbonyl (C=O) groups excluding carboxylic acids is 2. The van der Waals surface area contributed by atoms with Crippen LogP contribution in [0, 0.1) is 5.82 Å². The fourth-order valence-electron chi connectivity index (χ4n) is 1.72. The molecule has 0 aliphatic carbocycles. The molecule has 2 rings (SSSR count). The van der Waals surface area contributed by atoms with Crippen LogP contribution in [0.15, 0.2) is 47.1 Å². The van der Waals surface area contributed by atoms with E-state index in [1.54, 1.807) is 36.0 Å². The molecule has 0 spiro atoms. The molecule has 7 heteroatoms. The van der Waals surface area contributed by atoms with E-state index >= 15 is 0 Å². The molecular formula is C15H13BrFN3O2. The largest absolute Gasteiger partial charge is 0.345 e. The van der Waals surface area contributed by atoms with Crippen molar-refractivity contribution in [3.8, 4) is 0 Å². The molecule has 0 aliphatic heterocycles. The molecule has 1 aromatic carbocycles. The zero-order chi connectivity index (χ0) is 16.1. The number of amides is 2. The van der Waals surface area contributed by atoms with Crippen molar-refractivity contribution in [3.05, 3.63) is 64.2 Å². The van der Waals surface area contributed by atoms with Crippen LogP contribution in [-0.4, -0.2) is 16.4 Å². The minimum Gasteiger partial charge on any atom is -0.345 e. The standard InChI is InChI=1S/C15H13BrFN3O2/c1-20-9-11(16)8-13(20)15(22)19-18-14(21)7-4-10-2-5-12(17)6-3-10/h2-9H,1H3,(H,18,21)(H,19,22)/b7-4+. The van der Waals surface area contributed by atoms with E-state index in [1.165, 1.54) is 24.3 Å². The second-order valence-corrected chi connectivity index (χ2v) is 5.40. The molecule has 0 fully saturated rings. The first-order valence-electron chi connectivity index (χ1n) is 6.31. The van der Waals surface area contributed by atoms with E-state index in [9.17, 15) is 14.0 Å². The Kier molecular flexibility index (Phi) is 5.11. The van der Waals surface area contributed by atoms with Gasteiger partial charge in [-0.2, -0.15) is 0 Å². The highest BCUT2D eigenvalue weighted by atomic mass is 79.9. The number of halogens is 2. The number of hydrogen-bond donors (Lipinski definition) is 2. The maximum absolute atomic E-state index is 12.7. The number of aromatic nitrogens is 1. The van der Waals surface area contributed by atoms with Gasteiger partial charge in [-0.25, -0.2) is 4.39 Å². The first kappa shape index (κ1) is 16.0. The van der Waals surface area contributed by atoms with E-state index in [-0.39, 0.29) is 5.82 Å². The average molecular weight is 366 g/mol. The first-order valence-corrected chi connectivity index (χ1v) is 7.11. The van der Waals surface area contributed by atoms with Crippen molar-refractivity contribution in [2.24, 2.45) is 7.05 Å². The van der Waals surface area contributed by atoms with Gasteiger partial charge in [0.05, 0.1) is 0 Å². The van der Waals surface area contributed by atoms with Gasteiger partial charge in [0.15, 0.2) is 0 Å². The van der Waals surface area contributed by atoms with Gasteiger partial charge in [0.1, 0.15) is 11.5 Å². The van der Waals surface area contributed by atoms with Gasteiger partial charge in [-0.1, -0.05) is 12.1 Å². The molecule has 0 radical (unpaired) electrons. The molecule has 5 nitrogen and oxygen atoms in total. The van der Waals surface area contributed by atoms with Gasteiger partial charge in [0.25, 0.3) is 11.8 Å². The second kappa shape index (κ2) is 7.04. The third kappa shape index (κ3) is 4.29. The van der Waals surface area contributed by atoms with E-state index in [4.69, 9.17) is 0 Å². The molecule has 1 heterocycles. The van der Waals surface area contributed by atoms with Gasteiger partial charge in [0.2, 0.25) is 0 Å². The van der Waals surface area contributed by atoms with Crippen molar-refractivity contribution >= 4 is 33.8 Å². The topological polar surface area (TPSA) is 63.1 Å². The Hall–Kier alpha value is -2.41. The predicted molar refractivity (Wildman–Crippen MR) is 84.2 cm³/mol. The Morgan fingerprint density at radius 3 is 2.50 bits per heavy atom. The normalized spacial score (nSPS) is 10.7. The molecule has 0 aliphatic rings.